The van der Waals surface area contributed by atoms with Crippen molar-refractivity contribution in [1.82, 2.24) is 24.9 Å². The van der Waals surface area contributed by atoms with E-state index >= 15 is 0 Å². The summed E-state index contributed by atoms with van der Waals surface area (Å²) in [6.45, 7) is 4.48. The van der Waals surface area contributed by atoms with E-state index in [-0.39, 0.29) is 5.41 Å². The van der Waals surface area contributed by atoms with Crippen LogP contribution in [0.4, 0.5) is 0 Å². The lowest BCUT2D eigenvalue weighted by molar-refractivity contribution is 0.660. The maximum atomic E-state index is 9.70. The largest absolute Gasteiger partial charge is 0.253 e. The first-order chi connectivity index (χ1) is 27.9. The second-order valence-corrected chi connectivity index (χ2v) is 14.9. The molecule has 2 aromatic heterocycles. The van der Waals surface area contributed by atoms with Crippen molar-refractivity contribution >= 4 is 11.0 Å². The number of hydrogen-bond donors (Lipinski definition) is 0. The maximum absolute atomic E-state index is 9.70. The average molecular weight is 731 g/mol. The number of benzene rings is 7. The SMILES string of the molecule is CC1(C)c2cc(C#N)ccc2-c2ccc(-c3cc(-c4nc(-c5ccccc5)nc(-c5ccc(-c6ccccc6)cc5)n4)cc(-c4cccc5nccnc45)c3)cc21. The van der Waals surface area contributed by atoms with Crippen molar-refractivity contribution in [2.75, 3.05) is 0 Å². The maximum Gasteiger partial charge on any atom is 0.164 e. The molecule has 0 atom stereocenters. The van der Waals surface area contributed by atoms with Crippen molar-refractivity contribution < 1.29 is 0 Å². The highest BCUT2D eigenvalue weighted by atomic mass is 15.0. The Balaban J connectivity index is 1.17. The summed E-state index contributed by atoms with van der Waals surface area (Å²) in [6, 6.07) is 56.5. The standard InChI is InChI=1S/C51H34N6/c1-51(2)44-26-32(31-52)16-22-42(44)43-23-21-37(30-45(43)51)38-27-39(41-14-9-15-46-47(41)54-25-24-53-46)29-40(28-38)50-56-48(35-12-7-4-8-13-35)55-49(57-50)36-19-17-34(18-20-36)33-10-5-3-6-11-33/h3-30H,1-2H3. The van der Waals surface area contributed by atoms with E-state index in [1.807, 2.05) is 60.7 Å². The van der Waals surface area contributed by atoms with Gasteiger partial charge in [0.05, 0.1) is 22.7 Å². The fourth-order valence-electron chi connectivity index (χ4n) is 8.08. The molecule has 6 nitrogen and oxygen atoms in total. The van der Waals surface area contributed by atoms with E-state index in [1.165, 1.54) is 22.3 Å². The fourth-order valence-corrected chi connectivity index (χ4v) is 8.08. The minimum absolute atomic E-state index is 0.289. The van der Waals surface area contributed by atoms with Crippen LogP contribution in [0.5, 0.6) is 0 Å². The normalized spacial score (nSPS) is 12.5. The van der Waals surface area contributed by atoms with E-state index in [4.69, 9.17) is 19.9 Å². The number of fused-ring (bicyclic) bond motifs is 4. The minimum Gasteiger partial charge on any atom is -0.253 e. The molecule has 10 rings (SSSR count). The Labute approximate surface area is 330 Å². The number of nitriles is 1. The van der Waals surface area contributed by atoms with Gasteiger partial charge in [-0.25, -0.2) is 15.0 Å². The highest BCUT2D eigenvalue weighted by Gasteiger charge is 2.36. The molecule has 7 aromatic carbocycles. The van der Waals surface area contributed by atoms with Gasteiger partial charge in [-0.3, -0.25) is 9.97 Å². The molecule has 1 aliphatic rings. The lowest BCUT2D eigenvalue weighted by atomic mass is 9.81. The second-order valence-electron chi connectivity index (χ2n) is 14.9. The van der Waals surface area contributed by atoms with Gasteiger partial charge >= 0.3 is 0 Å². The summed E-state index contributed by atoms with van der Waals surface area (Å²) in [6.07, 6.45) is 3.46. The third-order valence-electron chi connectivity index (χ3n) is 11.1. The lowest BCUT2D eigenvalue weighted by Crippen LogP contribution is -2.15. The minimum atomic E-state index is -0.289. The first-order valence-corrected chi connectivity index (χ1v) is 19.0. The first kappa shape index (κ1) is 33.9. The number of para-hydroxylation sites is 1. The molecule has 0 saturated heterocycles. The third-order valence-corrected chi connectivity index (χ3v) is 11.1. The highest BCUT2D eigenvalue weighted by Crippen LogP contribution is 2.50. The Morgan fingerprint density at radius 2 is 0.965 bits per heavy atom. The van der Waals surface area contributed by atoms with E-state index in [1.54, 1.807) is 12.4 Å². The summed E-state index contributed by atoms with van der Waals surface area (Å²) in [5, 5.41) is 9.70. The quantitative estimate of drug-likeness (QED) is 0.169. The Bertz CT molecular complexity index is 3030. The Morgan fingerprint density at radius 3 is 1.68 bits per heavy atom. The molecular formula is C51H34N6. The molecular weight excluding hydrogens is 697 g/mol. The smallest absolute Gasteiger partial charge is 0.164 e. The molecule has 268 valence electrons. The number of hydrogen-bond acceptors (Lipinski definition) is 6. The third kappa shape index (κ3) is 6.03. The Kier molecular flexibility index (Phi) is 8.09. The summed E-state index contributed by atoms with van der Waals surface area (Å²) in [4.78, 5) is 24.7. The molecule has 0 unspecified atom stereocenters. The Morgan fingerprint density at radius 1 is 0.421 bits per heavy atom. The van der Waals surface area contributed by atoms with Gasteiger partial charge in [0.2, 0.25) is 0 Å². The fraction of sp³-hybridized carbons (Fsp3) is 0.0588. The van der Waals surface area contributed by atoms with Crippen molar-refractivity contribution in [2.24, 2.45) is 0 Å². The lowest BCUT2D eigenvalue weighted by Gasteiger charge is -2.22. The van der Waals surface area contributed by atoms with Gasteiger partial charge in [-0.15, -0.1) is 0 Å². The number of rotatable bonds is 6. The summed E-state index contributed by atoms with van der Waals surface area (Å²) < 4.78 is 0. The zero-order valence-corrected chi connectivity index (χ0v) is 31.3. The van der Waals surface area contributed by atoms with Gasteiger partial charge < -0.3 is 0 Å². The van der Waals surface area contributed by atoms with Gasteiger partial charge in [0, 0.05) is 40.1 Å². The zero-order chi connectivity index (χ0) is 38.5. The van der Waals surface area contributed by atoms with Gasteiger partial charge in [-0.1, -0.05) is 129 Å². The van der Waals surface area contributed by atoms with Crippen LogP contribution >= 0.6 is 0 Å². The van der Waals surface area contributed by atoms with Crippen LogP contribution in [0, 0.1) is 11.3 Å². The predicted octanol–water partition coefficient (Wildman–Crippen LogP) is 12.0. The summed E-state index contributed by atoms with van der Waals surface area (Å²) in [5.74, 6) is 1.76. The molecule has 0 fully saturated rings. The van der Waals surface area contributed by atoms with Crippen LogP contribution in [-0.2, 0) is 5.41 Å². The van der Waals surface area contributed by atoms with Crippen LogP contribution in [0.3, 0.4) is 0 Å². The zero-order valence-electron chi connectivity index (χ0n) is 31.3. The monoisotopic (exact) mass is 730 g/mol. The summed E-state index contributed by atoms with van der Waals surface area (Å²) in [7, 11) is 0. The highest BCUT2D eigenvalue weighted by molar-refractivity contribution is 5.94. The van der Waals surface area contributed by atoms with Crippen LogP contribution in [0.2, 0.25) is 0 Å². The Hall–Kier alpha value is -7.62. The molecule has 0 N–H and O–H groups in total. The summed E-state index contributed by atoms with van der Waals surface area (Å²) in [5.41, 5.74) is 15.7. The van der Waals surface area contributed by atoms with Crippen LogP contribution in [-0.4, -0.2) is 24.9 Å². The van der Waals surface area contributed by atoms with Crippen molar-refractivity contribution in [3.8, 4) is 84.7 Å². The molecule has 0 saturated carbocycles. The topological polar surface area (TPSA) is 88.2 Å². The van der Waals surface area contributed by atoms with E-state index < -0.39 is 0 Å². The van der Waals surface area contributed by atoms with Crippen molar-refractivity contribution in [3.63, 3.8) is 0 Å². The molecule has 6 heteroatoms. The van der Waals surface area contributed by atoms with E-state index in [2.05, 4.69) is 122 Å². The van der Waals surface area contributed by atoms with Gasteiger partial charge in [0.25, 0.3) is 0 Å². The molecule has 0 aliphatic heterocycles. The molecule has 0 spiro atoms. The molecule has 1 aliphatic carbocycles. The molecule has 9 aromatic rings. The summed E-state index contributed by atoms with van der Waals surface area (Å²) >= 11 is 0. The van der Waals surface area contributed by atoms with Gasteiger partial charge in [0.15, 0.2) is 17.5 Å². The first-order valence-electron chi connectivity index (χ1n) is 19.0. The number of aromatic nitrogens is 5. The molecule has 57 heavy (non-hydrogen) atoms. The molecule has 0 amide bonds. The van der Waals surface area contributed by atoms with Crippen LogP contribution in [0.1, 0.15) is 30.5 Å². The number of nitrogens with zero attached hydrogens (tertiary/aromatic N) is 6. The van der Waals surface area contributed by atoms with Crippen LogP contribution in [0.25, 0.3) is 89.7 Å². The van der Waals surface area contributed by atoms with Gasteiger partial charge in [-0.2, -0.15) is 5.26 Å². The van der Waals surface area contributed by atoms with Crippen molar-refractivity contribution in [3.05, 3.63) is 187 Å². The van der Waals surface area contributed by atoms with E-state index in [0.717, 1.165) is 61.1 Å². The average Bonchev–Trinajstić information content (AvgIpc) is 3.51. The van der Waals surface area contributed by atoms with E-state index in [9.17, 15) is 5.26 Å². The predicted molar refractivity (Wildman–Crippen MR) is 228 cm³/mol. The second kappa shape index (κ2) is 13.6. The van der Waals surface area contributed by atoms with E-state index in [0.29, 0.717) is 23.0 Å². The molecule has 2 heterocycles. The van der Waals surface area contributed by atoms with Crippen LogP contribution in [0.15, 0.2) is 170 Å². The van der Waals surface area contributed by atoms with Crippen LogP contribution < -0.4 is 0 Å². The van der Waals surface area contributed by atoms with Crippen molar-refractivity contribution in [1.29, 1.82) is 5.26 Å². The molecule has 0 bridgehead atoms. The van der Waals surface area contributed by atoms with Crippen molar-refractivity contribution in [2.45, 2.75) is 19.3 Å². The van der Waals surface area contributed by atoms with Gasteiger partial charge in [0.1, 0.15) is 0 Å². The molecule has 0 radical (unpaired) electrons. The van der Waals surface area contributed by atoms with Gasteiger partial charge in [-0.05, 0) is 92.5 Å².